The first-order valence-electron chi connectivity index (χ1n) is 7.21. The van der Waals surface area contributed by atoms with Crippen LogP contribution in [0.25, 0.3) is 5.95 Å². The lowest BCUT2D eigenvalue weighted by atomic mass is 9.86. The predicted molar refractivity (Wildman–Crippen MR) is 81.7 cm³/mol. The molecule has 2 aromatic heterocycles. The Balaban J connectivity index is 1.98. The predicted octanol–water partition coefficient (Wildman–Crippen LogP) is 2.58. The Kier molecular flexibility index (Phi) is 3.80. The zero-order chi connectivity index (χ0) is 15.0. The summed E-state index contributed by atoms with van der Waals surface area (Å²) in [6.45, 7) is 7.68. The van der Waals surface area contributed by atoms with E-state index in [0.29, 0.717) is 29.8 Å². The largest absolute Gasteiger partial charge is 0.337 e. The van der Waals surface area contributed by atoms with Gasteiger partial charge in [-0.25, -0.2) is 4.98 Å². The van der Waals surface area contributed by atoms with Crippen LogP contribution in [0.1, 0.15) is 27.2 Å². The Labute approximate surface area is 129 Å². The first kappa shape index (κ1) is 14.3. The zero-order valence-corrected chi connectivity index (χ0v) is 13.2. The zero-order valence-electron chi connectivity index (χ0n) is 12.4. The Bertz CT molecular complexity index is 614. The highest BCUT2D eigenvalue weighted by molar-refractivity contribution is 6.28. The van der Waals surface area contributed by atoms with Gasteiger partial charge in [0.15, 0.2) is 0 Å². The van der Waals surface area contributed by atoms with Crippen molar-refractivity contribution in [2.75, 3.05) is 11.4 Å². The molecule has 1 saturated heterocycles. The number of halogens is 1. The number of nitrogens with zero attached hydrogens (tertiary/aromatic N) is 6. The van der Waals surface area contributed by atoms with E-state index in [4.69, 9.17) is 11.6 Å². The van der Waals surface area contributed by atoms with Gasteiger partial charge in [-0.1, -0.05) is 13.8 Å². The first-order valence-corrected chi connectivity index (χ1v) is 7.59. The molecule has 0 N–H and O–H groups in total. The highest BCUT2D eigenvalue weighted by Gasteiger charge is 2.31. The molecule has 0 saturated carbocycles. The fourth-order valence-corrected chi connectivity index (χ4v) is 3.08. The first-order chi connectivity index (χ1) is 10.0. The molecule has 2 aromatic rings. The van der Waals surface area contributed by atoms with E-state index in [1.807, 2.05) is 0 Å². The van der Waals surface area contributed by atoms with Gasteiger partial charge in [0.25, 0.3) is 0 Å². The second-order valence-corrected chi connectivity index (χ2v) is 6.22. The summed E-state index contributed by atoms with van der Waals surface area (Å²) in [7, 11) is 0. The van der Waals surface area contributed by atoms with Crippen LogP contribution in [-0.2, 0) is 0 Å². The molecule has 0 aliphatic carbocycles. The van der Waals surface area contributed by atoms with Gasteiger partial charge in [0.1, 0.15) is 6.33 Å². The topological polar surface area (TPSA) is 59.7 Å². The fourth-order valence-electron chi connectivity index (χ4n) is 2.93. The van der Waals surface area contributed by atoms with Gasteiger partial charge in [-0.15, -0.1) is 0 Å². The van der Waals surface area contributed by atoms with Crippen molar-refractivity contribution in [3.63, 3.8) is 0 Å². The van der Waals surface area contributed by atoms with Gasteiger partial charge in [-0.05, 0) is 36.8 Å². The van der Waals surface area contributed by atoms with Crippen molar-refractivity contribution < 1.29 is 0 Å². The number of piperidine rings is 1. The Morgan fingerprint density at radius 1 is 1.14 bits per heavy atom. The minimum absolute atomic E-state index is 0.210. The van der Waals surface area contributed by atoms with Crippen molar-refractivity contribution in [2.24, 2.45) is 11.8 Å². The fraction of sp³-hybridized carbons (Fsp3) is 0.571. The van der Waals surface area contributed by atoms with Gasteiger partial charge in [0.05, 0.1) is 0 Å². The normalized spacial score (nSPS) is 26.1. The summed E-state index contributed by atoms with van der Waals surface area (Å²) in [5, 5.41) is 0.210. The molecule has 3 unspecified atom stereocenters. The molecular formula is C14H19ClN6. The van der Waals surface area contributed by atoms with Gasteiger partial charge >= 0.3 is 0 Å². The minimum atomic E-state index is 0.210. The standard InChI is InChI=1S/C14H19ClN6/c1-9-6-10(2)11(3)21(7-9)14-18-12(15)17-13(19-14)20-5-4-16-8-20/h4-5,8-11H,6-7H2,1-3H3. The van der Waals surface area contributed by atoms with Gasteiger partial charge in [0, 0.05) is 25.0 Å². The van der Waals surface area contributed by atoms with Crippen LogP contribution in [0.5, 0.6) is 0 Å². The molecular weight excluding hydrogens is 288 g/mol. The summed E-state index contributed by atoms with van der Waals surface area (Å²) in [4.78, 5) is 19.3. The number of aromatic nitrogens is 5. The van der Waals surface area contributed by atoms with Crippen LogP contribution in [0.2, 0.25) is 5.28 Å². The summed E-state index contributed by atoms with van der Waals surface area (Å²) in [6.07, 6.45) is 6.36. The molecule has 1 aliphatic heterocycles. The highest BCUT2D eigenvalue weighted by atomic mass is 35.5. The molecule has 0 aromatic carbocycles. The summed E-state index contributed by atoms with van der Waals surface area (Å²) >= 11 is 6.08. The smallest absolute Gasteiger partial charge is 0.241 e. The van der Waals surface area contributed by atoms with Gasteiger partial charge < -0.3 is 4.90 Å². The quantitative estimate of drug-likeness (QED) is 0.853. The molecule has 6 nitrogen and oxygen atoms in total. The van der Waals surface area contributed by atoms with Crippen molar-refractivity contribution in [2.45, 2.75) is 33.2 Å². The number of hydrogen-bond acceptors (Lipinski definition) is 5. The van der Waals surface area contributed by atoms with E-state index < -0.39 is 0 Å². The molecule has 112 valence electrons. The lowest BCUT2D eigenvalue weighted by molar-refractivity contribution is 0.293. The summed E-state index contributed by atoms with van der Waals surface area (Å²) < 4.78 is 1.73. The summed E-state index contributed by atoms with van der Waals surface area (Å²) in [5.74, 6) is 2.36. The third-order valence-corrected chi connectivity index (χ3v) is 4.34. The van der Waals surface area contributed by atoms with Crippen LogP contribution in [0.3, 0.4) is 0 Å². The van der Waals surface area contributed by atoms with Crippen LogP contribution in [-0.4, -0.2) is 37.1 Å². The number of hydrogen-bond donors (Lipinski definition) is 0. The maximum atomic E-state index is 6.08. The minimum Gasteiger partial charge on any atom is -0.337 e. The van der Waals surface area contributed by atoms with Crippen LogP contribution < -0.4 is 4.90 Å². The molecule has 1 aliphatic rings. The number of rotatable bonds is 2. The van der Waals surface area contributed by atoms with Crippen LogP contribution >= 0.6 is 11.6 Å². The van der Waals surface area contributed by atoms with Crippen molar-refractivity contribution in [3.8, 4) is 5.95 Å². The van der Waals surface area contributed by atoms with Crippen LogP contribution in [0.4, 0.5) is 5.95 Å². The molecule has 3 rings (SSSR count). The Hall–Kier alpha value is -1.69. The SMILES string of the molecule is CC1CC(C)C(C)N(c2nc(Cl)nc(-n3ccnc3)n2)C1. The number of anilines is 1. The second kappa shape index (κ2) is 5.60. The molecule has 1 fully saturated rings. The molecule has 0 radical (unpaired) electrons. The van der Waals surface area contributed by atoms with E-state index in [1.165, 1.54) is 6.42 Å². The summed E-state index contributed by atoms with van der Waals surface area (Å²) in [6, 6.07) is 0.385. The van der Waals surface area contributed by atoms with E-state index in [9.17, 15) is 0 Å². The van der Waals surface area contributed by atoms with E-state index in [1.54, 1.807) is 23.3 Å². The average Bonchev–Trinajstić information content (AvgIpc) is 2.96. The van der Waals surface area contributed by atoms with E-state index in [2.05, 4.69) is 45.6 Å². The highest BCUT2D eigenvalue weighted by Crippen LogP contribution is 2.30. The van der Waals surface area contributed by atoms with Gasteiger partial charge in [-0.2, -0.15) is 15.0 Å². The average molecular weight is 307 g/mol. The summed E-state index contributed by atoms with van der Waals surface area (Å²) in [5.41, 5.74) is 0. The van der Waals surface area contributed by atoms with Crippen molar-refractivity contribution in [1.29, 1.82) is 0 Å². The Morgan fingerprint density at radius 3 is 2.62 bits per heavy atom. The third kappa shape index (κ3) is 2.85. The van der Waals surface area contributed by atoms with E-state index >= 15 is 0 Å². The lowest BCUT2D eigenvalue weighted by Gasteiger charge is -2.41. The molecule has 3 heterocycles. The van der Waals surface area contributed by atoms with Crippen molar-refractivity contribution in [1.82, 2.24) is 24.5 Å². The van der Waals surface area contributed by atoms with Crippen molar-refractivity contribution in [3.05, 3.63) is 24.0 Å². The van der Waals surface area contributed by atoms with E-state index in [-0.39, 0.29) is 5.28 Å². The van der Waals surface area contributed by atoms with Crippen LogP contribution in [0, 0.1) is 11.8 Å². The van der Waals surface area contributed by atoms with Gasteiger partial charge in [0.2, 0.25) is 17.2 Å². The molecule has 7 heteroatoms. The van der Waals surface area contributed by atoms with Crippen LogP contribution in [0.15, 0.2) is 18.7 Å². The third-order valence-electron chi connectivity index (χ3n) is 4.17. The molecule has 0 spiro atoms. The molecule has 21 heavy (non-hydrogen) atoms. The van der Waals surface area contributed by atoms with Gasteiger partial charge in [-0.3, -0.25) is 4.57 Å². The van der Waals surface area contributed by atoms with E-state index in [0.717, 1.165) is 6.54 Å². The maximum absolute atomic E-state index is 6.08. The number of imidazole rings is 1. The lowest BCUT2D eigenvalue weighted by Crippen LogP contribution is -2.46. The molecule has 3 atom stereocenters. The molecule has 0 amide bonds. The van der Waals surface area contributed by atoms with Crippen molar-refractivity contribution >= 4 is 17.5 Å². The second-order valence-electron chi connectivity index (χ2n) is 5.89. The monoisotopic (exact) mass is 306 g/mol. The maximum Gasteiger partial charge on any atom is 0.241 e. The Morgan fingerprint density at radius 2 is 1.90 bits per heavy atom. The molecule has 0 bridgehead atoms.